The molecule has 0 fully saturated rings. The highest BCUT2D eigenvalue weighted by Gasteiger charge is 2.03. The van der Waals surface area contributed by atoms with Crippen molar-refractivity contribution < 1.29 is 0 Å². The number of unbranched alkanes of at least 4 members (excludes halogenated alkanes) is 3. The van der Waals surface area contributed by atoms with Gasteiger partial charge < -0.3 is 5.73 Å². The summed E-state index contributed by atoms with van der Waals surface area (Å²) in [5.74, 6) is 0.960. The number of thioether (sulfide) groups is 1. The Morgan fingerprint density at radius 1 is 1.33 bits per heavy atom. The summed E-state index contributed by atoms with van der Waals surface area (Å²) < 4.78 is 0. The topological polar surface area (TPSA) is 26.0 Å². The molecule has 0 spiro atoms. The summed E-state index contributed by atoms with van der Waals surface area (Å²) in [5.41, 5.74) is 6.10. The maximum absolute atomic E-state index is 6.10. The third-order valence-electron chi connectivity index (χ3n) is 2.74. The number of halogens is 1. The van der Waals surface area contributed by atoms with E-state index < -0.39 is 0 Å². The van der Waals surface area contributed by atoms with E-state index in [0.717, 1.165) is 23.6 Å². The standard InChI is InChI=1S/C15H22ClNS/c1-2-3-4-5-6-9-14(17)12-18-15-10-7-8-13(16)11-15/h2,7-8,10-11,14H,1,3-6,9,12,17H2. The Bertz CT molecular complexity index is 354. The molecule has 0 radical (unpaired) electrons. The summed E-state index contributed by atoms with van der Waals surface area (Å²) in [6.07, 6.45) is 7.90. The van der Waals surface area contributed by atoms with E-state index in [9.17, 15) is 0 Å². The lowest BCUT2D eigenvalue weighted by Gasteiger charge is -2.11. The zero-order chi connectivity index (χ0) is 13.2. The number of allylic oxidation sites excluding steroid dienone is 1. The van der Waals surface area contributed by atoms with Crippen LogP contribution in [0.5, 0.6) is 0 Å². The van der Waals surface area contributed by atoms with Crippen LogP contribution in [0.1, 0.15) is 32.1 Å². The van der Waals surface area contributed by atoms with Gasteiger partial charge in [-0.05, 0) is 37.5 Å². The van der Waals surface area contributed by atoms with Crippen molar-refractivity contribution in [2.45, 2.75) is 43.0 Å². The van der Waals surface area contributed by atoms with Crippen LogP contribution >= 0.6 is 23.4 Å². The molecule has 18 heavy (non-hydrogen) atoms. The minimum absolute atomic E-state index is 0.276. The normalized spacial score (nSPS) is 12.3. The molecule has 1 aromatic rings. The average molecular weight is 284 g/mol. The fourth-order valence-corrected chi connectivity index (χ4v) is 2.93. The first kappa shape index (κ1) is 15.6. The third-order valence-corrected chi connectivity index (χ3v) is 4.16. The molecule has 0 bridgehead atoms. The van der Waals surface area contributed by atoms with Crippen LogP contribution in [0.15, 0.2) is 41.8 Å². The Labute approximate surface area is 120 Å². The minimum Gasteiger partial charge on any atom is -0.327 e. The number of benzene rings is 1. The molecule has 0 amide bonds. The van der Waals surface area contributed by atoms with Crippen LogP contribution in [-0.4, -0.2) is 11.8 Å². The highest BCUT2D eigenvalue weighted by molar-refractivity contribution is 7.99. The van der Waals surface area contributed by atoms with Crippen molar-refractivity contribution in [3.05, 3.63) is 41.9 Å². The second kappa shape index (κ2) is 9.48. The smallest absolute Gasteiger partial charge is 0.0417 e. The van der Waals surface area contributed by atoms with Crippen molar-refractivity contribution in [2.24, 2.45) is 5.73 Å². The van der Waals surface area contributed by atoms with Crippen molar-refractivity contribution in [3.63, 3.8) is 0 Å². The quantitative estimate of drug-likeness (QED) is 0.396. The number of nitrogens with two attached hydrogens (primary N) is 1. The van der Waals surface area contributed by atoms with Gasteiger partial charge in [0, 0.05) is 21.7 Å². The number of hydrogen-bond donors (Lipinski definition) is 1. The molecule has 0 heterocycles. The molecule has 0 aromatic heterocycles. The van der Waals surface area contributed by atoms with Gasteiger partial charge in [-0.15, -0.1) is 18.3 Å². The summed E-state index contributed by atoms with van der Waals surface area (Å²) in [5, 5.41) is 0.790. The number of rotatable bonds is 9. The largest absolute Gasteiger partial charge is 0.327 e. The van der Waals surface area contributed by atoms with E-state index in [0.29, 0.717) is 0 Å². The van der Waals surface area contributed by atoms with Crippen LogP contribution in [0, 0.1) is 0 Å². The maximum atomic E-state index is 6.10. The molecule has 1 nitrogen and oxygen atoms in total. The first-order chi connectivity index (χ1) is 8.72. The Morgan fingerprint density at radius 2 is 2.17 bits per heavy atom. The molecule has 1 atom stereocenters. The van der Waals surface area contributed by atoms with E-state index >= 15 is 0 Å². The number of hydrogen-bond acceptors (Lipinski definition) is 2. The van der Waals surface area contributed by atoms with Crippen LogP contribution in [0.2, 0.25) is 5.02 Å². The van der Waals surface area contributed by atoms with Gasteiger partial charge in [0.2, 0.25) is 0 Å². The van der Waals surface area contributed by atoms with Gasteiger partial charge in [-0.3, -0.25) is 0 Å². The van der Waals surface area contributed by atoms with Crippen LogP contribution in [0.4, 0.5) is 0 Å². The molecule has 100 valence electrons. The van der Waals surface area contributed by atoms with Crippen molar-refractivity contribution in [3.8, 4) is 0 Å². The van der Waals surface area contributed by atoms with Gasteiger partial charge >= 0.3 is 0 Å². The molecular formula is C15H22ClNS. The lowest BCUT2D eigenvalue weighted by Crippen LogP contribution is -2.22. The van der Waals surface area contributed by atoms with Gasteiger partial charge in [-0.25, -0.2) is 0 Å². The molecule has 3 heteroatoms. The van der Waals surface area contributed by atoms with Crippen LogP contribution in [-0.2, 0) is 0 Å². The molecule has 0 saturated heterocycles. The lowest BCUT2D eigenvalue weighted by molar-refractivity contribution is 0.587. The maximum Gasteiger partial charge on any atom is 0.0417 e. The van der Waals surface area contributed by atoms with Gasteiger partial charge in [-0.1, -0.05) is 36.6 Å². The first-order valence-electron chi connectivity index (χ1n) is 6.47. The second-order valence-electron chi connectivity index (χ2n) is 4.46. The zero-order valence-electron chi connectivity index (χ0n) is 10.8. The van der Waals surface area contributed by atoms with Crippen molar-refractivity contribution in [2.75, 3.05) is 5.75 Å². The van der Waals surface area contributed by atoms with Gasteiger partial charge in [0.1, 0.15) is 0 Å². The summed E-state index contributed by atoms with van der Waals surface area (Å²) in [7, 11) is 0. The predicted octanol–water partition coefficient (Wildman–Crippen LogP) is 4.90. The van der Waals surface area contributed by atoms with E-state index in [4.69, 9.17) is 17.3 Å². The molecule has 2 N–H and O–H groups in total. The highest BCUT2D eigenvalue weighted by atomic mass is 35.5. The van der Waals surface area contributed by atoms with Crippen molar-refractivity contribution in [1.82, 2.24) is 0 Å². The lowest BCUT2D eigenvalue weighted by atomic mass is 10.1. The zero-order valence-corrected chi connectivity index (χ0v) is 12.3. The minimum atomic E-state index is 0.276. The SMILES string of the molecule is C=CCCCCCC(N)CSc1cccc(Cl)c1. The van der Waals surface area contributed by atoms with E-state index in [1.165, 1.54) is 24.2 Å². The second-order valence-corrected chi connectivity index (χ2v) is 5.98. The Kier molecular flexibility index (Phi) is 8.23. The van der Waals surface area contributed by atoms with Gasteiger partial charge in [0.05, 0.1) is 0 Å². The molecule has 0 aliphatic heterocycles. The van der Waals surface area contributed by atoms with E-state index in [2.05, 4.69) is 12.6 Å². The van der Waals surface area contributed by atoms with Crippen molar-refractivity contribution in [1.29, 1.82) is 0 Å². The van der Waals surface area contributed by atoms with Gasteiger partial charge in [0.25, 0.3) is 0 Å². The van der Waals surface area contributed by atoms with Crippen LogP contribution in [0.3, 0.4) is 0 Å². The molecule has 0 aliphatic rings. The monoisotopic (exact) mass is 283 g/mol. The molecule has 0 aliphatic carbocycles. The Balaban J connectivity index is 2.13. The van der Waals surface area contributed by atoms with Gasteiger partial charge in [-0.2, -0.15) is 0 Å². The predicted molar refractivity (Wildman–Crippen MR) is 83.4 cm³/mol. The molecule has 1 unspecified atom stereocenters. The Morgan fingerprint density at radius 3 is 2.89 bits per heavy atom. The molecule has 1 aromatic carbocycles. The molecule has 0 saturated carbocycles. The van der Waals surface area contributed by atoms with Crippen molar-refractivity contribution >= 4 is 23.4 Å². The summed E-state index contributed by atoms with van der Waals surface area (Å²) in [6.45, 7) is 3.72. The fraction of sp³-hybridized carbons (Fsp3) is 0.467. The third kappa shape index (κ3) is 7.10. The molecular weight excluding hydrogens is 262 g/mol. The molecule has 1 rings (SSSR count). The first-order valence-corrected chi connectivity index (χ1v) is 7.83. The average Bonchev–Trinajstić information content (AvgIpc) is 2.36. The van der Waals surface area contributed by atoms with Gasteiger partial charge in [0.15, 0.2) is 0 Å². The Hall–Kier alpha value is -0.440. The van der Waals surface area contributed by atoms with E-state index in [-0.39, 0.29) is 6.04 Å². The summed E-state index contributed by atoms with van der Waals surface area (Å²) in [6, 6.07) is 8.21. The fourth-order valence-electron chi connectivity index (χ4n) is 1.72. The summed E-state index contributed by atoms with van der Waals surface area (Å²) in [4.78, 5) is 1.20. The highest BCUT2D eigenvalue weighted by Crippen LogP contribution is 2.22. The van der Waals surface area contributed by atoms with Crippen LogP contribution in [0.25, 0.3) is 0 Å². The van der Waals surface area contributed by atoms with E-state index in [1.807, 2.05) is 24.3 Å². The van der Waals surface area contributed by atoms with Crippen LogP contribution < -0.4 is 5.73 Å². The van der Waals surface area contributed by atoms with E-state index in [1.54, 1.807) is 11.8 Å². The summed E-state index contributed by atoms with van der Waals surface area (Å²) >= 11 is 7.72.